The molecule has 1 aromatic carbocycles. The Morgan fingerprint density at radius 1 is 1.00 bits per heavy atom. The van der Waals surface area contributed by atoms with Gasteiger partial charge >= 0.3 is 12.2 Å². The van der Waals surface area contributed by atoms with Gasteiger partial charge in [0.05, 0.1) is 5.56 Å². The van der Waals surface area contributed by atoms with Gasteiger partial charge in [0.25, 0.3) is 0 Å². The summed E-state index contributed by atoms with van der Waals surface area (Å²) in [5.74, 6) is 2.38. The van der Waals surface area contributed by atoms with Crippen molar-refractivity contribution in [3.63, 3.8) is 0 Å². The zero-order valence-corrected chi connectivity index (χ0v) is 17.3. The van der Waals surface area contributed by atoms with Gasteiger partial charge in [0.1, 0.15) is 0 Å². The molecule has 0 aromatic heterocycles. The number of nitrogens with zero attached hydrogens (tertiary/aromatic N) is 2. The smallest absolute Gasteiger partial charge is 0.333 e. The normalized spacial score (nSPS) is 33.7. The summed E-state index contributed by atoms with van der Waals surface area (Å²) in [6, 6.07) is 5.59. The van der Waals surface area contributed by atoms with Gasteiger partial charge in [-0.3, -0.25) is 4.90 Å². The Morgan fingerprint density at radius 2 is 1.60 bits per heavy atom. The first-order chi connectivity index (χ1) is 14.3. The molecule has 0 atom stereocenters. The molecule has 5 aliphatic rings. The molecule has 1 heterocycles. The molecule has 2 amide bonds. The second-order valence-corrected chi connectivity index (χ2v) is 10.1. The number of hydrogen-bond acceptors (Lipinski definition) is 2. The van der Waals surface area contributed by atoms with E-state index in [2.05, 4.69) is 10.2 Å². The average Bonchev–Trinajstić information content (AvgIpc) is 2.66. The van der Waals surface area contributed by atoms with Crippen LogP contribution in [0.1, 0.15) is 49.7 Å². The van der Waals surface area contributed by atoms with Gasteiger partial charge in [0, 0.05) is 38.3 Å². The van der Waals surface area contributed by atoms with Crippen LogP contribution >= 0.6 is 0 Å². The quantitative estimate of drug-likeness (QED) is 0.780. The van der Waals surface area contributed by atoms with Crippen molar-refractivity contribution in [3.8, 4) is 0 Å². The molecule has 0 spiro atoms. The maximum absolute atomic E-state index is 13.0. The van der Waals surface area contributed by atoms with Crippen LogP contribution < -0.4 is 5.32 Å². The third-order valence-corrected chi connectivity index (χ3v) is 7.73. The first kappa shape index (κ1) is 20.2. The van der Waals surface area contributed by atoms with Gasteiger partial charge in [0.15, 0.2) is 0 Å². The van der Waals surface area contributed by atoms with E-state index in [1.807, 2.05) is 4.90 Å². The Kier molecular flexibility index (Phi) is 4.99. The molecule has 1 aromatic rings. The molecule has 0 radical (unpaired) electrons. The number of carbonyl (C=O) groups is 1. The van der Waals surface area contributed by atoms with E-state index >= 15 is 0 Å². The molecule has 1 saturated heterocycles. The molecule has 4 bridgehead atoms. The van der Waals surface area contributed by atoms with Gasteiger partial charge in [-0.2, -0.15) is 13.2 Å². The predicted molar refractivity (Wildman–Crippen MR) is 108 cm³/mol. The second kappa shape index (κ2) is 7.43. The Morgan fingerprint density at radius 3 is 2.17 bits per heavy atom. The summed E-state index contributed by atoms with van der Waals surface area (Å²) in [4.78, 5) is 17.0. The van der Waals surface area contributed by atoms with E-state index < -0.39 is 11.7 Å². The number of alkyl halides is 3. The lowest BCUT2D eigenvalue weighted by molar-refractivity contribution is -0.137. The van der Waals surface area contributed by atoms with Gasteiger partial charge in [0.2, 0.25) is 0 Å². The van der Waals surface area contributed by atoms with Crippen LogP contribution in [-0.4, -0.2) is 47.5 Å². The minimum Gasteiger partial charge on any atom is -0.333 e. The van der Waals surface area contributed by atoms with Gasteiger partial charge in [-0.15, -0.1) is 0 Å². The number of nitrogens with one attached hydrogen (secondary N) is 1. The van der Waals surface area contributed by atoms with Crippen molar-refractivity contribution >= 4 is 6.03 Å². The Balaban J connectivity index is 1.14. The molecule has 0 unspecified atom stereocenters. The fourth-order valence-electron chi connectivity index (χ4n) is 6.78. The number of urea groups is 1. The molecular weight excluding hydrogens is 391 g/mol. The van der Waals surface area contributed by atoms with E-state index in [4.69, 9.17) is 0 Å². The second-order valence-electron chi connectivity index (χ2n) is 10.1. The van der Waals surface area contributed by atoms with E-state index in [0.717, 1.165) is 43.1 Å². The lowest BCUT2D eigenvalue weighted by Crippen LogP contribution is -2.63. The molecule has 30 heavy (non-hydrogen) atoms. The summed E-state index contributed by atoms with van der Waals surface area (Å²) >= 11 is 0. The van der Waals surface area contributed by atoms with Crippen LogP contribution in [0.3, 0.4) is 0 Å². The van der Waals surface area contributed by atoms with E-state index in [1.54, 1.807) is 6.07 Å². The lowest BCUT2D eigenvalue weighted by Gasteiger charge is -2.57. The van der Waals surface area contributed by atoms with Crippen molar-refractivity contribution in [2.24, 2.45) is 17.8 Å². The minimum atomic E-state index is -4.32. The van der Waals surface area contributed by atoms with Crippen molar-refractivity contribution < 1.29 is 18.0 Å². The van der Waals surface area contributed by atoms with Crippen LogP contribution in [0.5, 0.6) is 0 Å². The van der Waals surface area contributed by atoms with E-state index in [-0.39, 0.29) is 11.6 Å². The fraction of sp³-hybridized carbons (Fsp3) is 0.696. The number of carbonyl (C=O) groups excluding carboxylic acids is 1. The molecule has 7 heteroatoms. The topological polar surface area (TPSA) is 35.6 Å². The lowest BCUT2D eigenvalue weighted by atomic mass is 9.53. The maximum Gasteiger partial charge on any atom is 0.416 e. The first-order valence-electron chi connectivity index (χ1n) is 11.2. The summed E-state index contributed by atoms with van der Waals surface area (Å²) in [6.07, 6.45) is 3.15. The molecule has 5 fully saturated rings. The highest BCUT2D eigenvalue weighted by Crippen LogP contribution is 2.55. The third-order valence-electron chi connectivity index (χ3n) is 7.73. The van der Waals surface area contributed by atoms with Crippen LogP contribution in [0.25, 0.3) is 0 Å². The number of rotatable bonds is 3. The monoisotopic (exact) mass is 421 g/mol. The number of halogens is 3. The molecule has 6 rings (SSSR count). The zero-order valence-electron chi connectivity index (χ0n) is 17.3. The van der Waals surface area contributed by atoms with E-state index in [1.165, 1.54) is 31.4 Å². The summed E-state index contributed by atoms with van der Waals surface area (Å²) < 4.78 is 38.8. The van der Waals surface area contributed by atoms with Gasteiger partial charge in [-0.25, -0.2) is 4.79 Å². The summed E-state index contributed by atoms with van der Waals surface area (Å²) in [5.41, 5.74) is 0.0750. The fourth-order valence-corrected chi connectivity index (χ4v) is 6.78. The SMILES string of the molecule is O=C(NC12CC3CC(CC(C3)C1)C2)N1CCN(Cc2cccc(C(F)(F)F)c2)CC1. The number of piperazine rings is 1. The standard InChI is InChI=1S/C23H30F3N3O/c24-23(25,26)20-3-1-2-16(11-20)15-28-4-6-29(7-5-28)21(30)27-22-12-17-8-18(13-22)10-19(9-17)14-22/h1-3,11,17-19H,4-10,12-15H2,(H,27,30). The van der Waals surface area contributed by atoms with Crippen molar-refractivity contribution in [3.05, 3.63) is 35.4 Å². The van der Waals surface area contributed by atoms with Crippen molar-refractivity contribution in [1.82, 2.24) is 15.1 Å². The van der Waals surface area contributed by atoms with E-state index in [9.17, 15) is 18.0 Å². The first-order valence-corrected chi connectivity index (χ1v) is 11.2. The van der Waals surface area contributed by atoms with Gasteiger partial charge in [-0.05, 0) is 67.9 Å². The Hall–Kier alpha value is -1.76. The Labute approximate surface area is 175 Å². The molecule has 4 aliphatic carbocycles. The molecule has 4 saturated carbocycles. The van der Waals surface area contributed by atoms with Crippen molar-refractivity contribution in [2.45, 2.75) is 56.8 Å². The summed E-state index contributed by atoms with van der Waals surface area (Å²) in [5, 5.41) is 3.43. The van der Waals surface area contributed by atoms with Gasteiger partial charge in [-0.1, -0.05) is 18.2 Å². The molecule has 4 nitrogen and oxygen atoms in total. The highest BCUT2D eigenvalue weighted by atomic mass is 19.4. The highest BCUT2D eigenvalue weighted by Gasteiger charge is 2.51. The number of hydrogen-bond donors (Lipinski definition) is 1. The predicted octanol–water partition coefficient (Wildman–Crippen LogP) is 4.50. The van der Waals surface area contributed by atoms with Crippen LogP contribution in [0.2, 0.25) is 0 Å². The van der Waals surface area contributed by atoms with Crippen LogP contribution in [-0.2, 0) is 12.7 Å². The average molecular weight is 422 g/mol. The summed E-state index contributed by atoms with van der Waals surface area (Å²) in [6.45, 7) is 3.09. The van der Waals surface area contributed by atoms with Crippen molar-refractivity contribution in [1.29, 1.82) is 0 Å². The molecule has 1 N–H and O–H groups in total. The Bertz CT molecular complexity index is 766. The number of benzene rings is 1. The largest absolute Gasteiger partial charge is 0.416 e. The number of amides is 2. The summed E-state index contributed by atoms with van der Waals surface area (Å²) in [7, 11) is 0. The van der Waals surface area contributed by atoms with E-state index in [0.29, 0.717) is 38.3 Å². The molecule has 1 aliphatic heterocycles. The van der Waals surface area contributed by atoms with Crippen LogP contribution in [0.4, 0.5) is 18.0 Å². The van der Waals surface area contributed by atoms with Crippen LogP contribution in [0.15, 0.2) is 24.3 Å². The maximum atomic E-state index is 13.0. The highest BCUT2D eigenvalue weighted by molar-refractivity contribution is 5.75. The molecular formula is C23H30F3N3O. The third kappa shape index (κ3) is 4.05. The molecule has 164 valence electrons. The van der Waals surface area contributed by atoms with Crippen molar-refractivity contribution in [2.75, 3.05) is 26.2 Å². The zero-order chi connectivity index (χ0) is 20.9. The van der Waals surface area contributed by atoms with Gasteiger partial charge < -0.3 is 10.2 Å². The van der Waals surface area contributed by atoms with Crippen LogP contribution in [0, 0.1) is 17.8 Å². The minimum absolute atomic E-state index is 0.0149.